The molecule has 26 heavy (non-hydrogen) atoms. The molecule has 134 valence electrons. The molecule has 4 nitrogen and oxygen atoms in total. The Balaban J connectivity index is 1.86. The first kappa shape index (κ1) is 17.1. The lowest BCUT2D eigenvalue weighted by molar-refractivity contribution is 0.102. The Morgan fingerprint density at radius 3 is 2.77 bits per heavy atom. The first-order chi connectivity index (χ1) is 12.4. The van der Waals surface area contributed by atoms with Crippen LogP contribution in [0.3, 0.4) is 0 Å². The van der Waals surface area contributed by atoms with Crippen molar-refractivity contribution in [2.45, 2.75) is 25.7 Å². The van der Waals surface area contributed by atoms with Crippen LogP contribution in [-0.4, -0.2) is 24.1 Å². The Labute approximate surface area is 156 Å². The number of furan rings is 1. The fraction of sp³-hybridized carbons (Fsp3) is 0.286. The van der Waals surface area contributed by atoms with Gasteiger partial charge in [0.25, 0.3) is 0 Å². The quantitative estimate of drug-likeness (QED) is 0.675. The minimum atomic E-state index is -0.486. The van der Waals surface area contributed by atoms with E-state index in [2.05, 4.69) is 0 Å². The van der Waals surface area contributed by atoms with Crippen LogP contribution in [0.25, 0.3) is 11.0 Å². The van der Waals surface area contributed by atoms with E-state index in [0.29, 0.717) is 46.3 Å². The van der Waals surface area contributed by atoms with Gasteiger partial charge in [0.15, 0.2) is 5.78 Å². The second-order valence-electron chi connectivity index (χ2n) is 7.03. The average Bonchev–Trinajstić information content (AvgIpc) is 3.00. The van der Waals surface area contributed by atoms with Gasteiger partial charge in [0.05, 0.1) is 12.2 Å². The molecule has 0 atom stereocenters. The molecule has 1 aliphatic rings. The van der Waals surface area contributed by atoms with E-state index in [1.807, 2.05) is 32.0 Å². The first-order valence-electron chi connectivity index (χ1n) is 8.59. The van der Waals surface area contributed by atoms with Gasteiger partial charge in [-0.1, -0.05) is 11.6 Å². The molecule has 0 unspecified atom stereocenters. The lowest BCUT2D eigenvalue weighted by Gasteiger charge is -2.30. The molecule has 3 aromatic rings. The lowest BCUT2D eigenvalue weighted by Crippen LogP contribution is -2.29. The van der Waals surface area contributed by atoms with E-state index in [1.54, 1.807) is 18.2 Å². The molecule has 2 aromatic carbocycles. The van der Waals surface area contributed by atoms with E-state index in [1.165, 1.54) is 0 Å². The van der Waals surface area contributed by atoms with Gasteiger partial charge in [-0.3, -0.25) is 4.79 Å². The highest BCUT2D eigenvalue weighted by Crippen LogP contribution is 2.46. The van der Waals surface area contributed by atoms with Gasteiger partial charge in [0.1, 0.15) is 17.1 Å². The van der Waals surface area contributed by atoms with Gasteiger partial charge >= 0.3 is 0 Å². The summed E-state index contributed by atoms with van der Waals surface area (Å²) in [5.41, 5.74) is 2.29. The predicted molar refractivity (Wildman–Crippen MR) is 100 cm³/mol. The second kappa shape index (κ2) is 6.15. The van der Waals surface area contributed by atoms with E-state index in [9.17, 15) is 4.79 Å². The molecular formula is C21H19ClO4. The summed E-state index contributed by atoms with van der Waals surface area (Å²) in [6.45, 7) is 4.59. The number of ether oxygens (including phenoxy) is 1. The molecule has 0 fully saturated rings. The Hall–Kier alpha value is -2.30. The van der Waals surface area contributed by atoms with Gasteiger partial charge in [0, 0.05) is 40.5 Å². The van der Waals surface area contributed by atoms with Crippen LogP contribution in [0.4, 0.5) is 0 Å². The van der Waals surface area contributed by atoms with Crippen molar-refractivity contribution in [3.8, 4) is 5.75 Å². The van der Waals surface area contributed by atoms with Crippen molar-refractivity contribution < 1.29 is 19.1 Å². The van der Waals surface area contributed by atoms with Crippen molar-refractivity contribution in [2.75, 3.05) is 13.2 Å². The molecule has 1 aliphatic carbocycles. The normalized spacial score (nSPS) is 15.0. The molecule has 0 amide bonds. The number of carbonyl (C=O) groups excluding carboxylic acids is 1. The van der Waals surface area contributed by atoms with Crippen LogP contribution in [0.5, 0.6) is 5.75 Å². The van der Waals surface area contributed by atoms with Crippen molar-refractivity contribution in [3.63, 3.8) is 0 Å². The number of aliphatic hydroxyl groups excluding tert-OH is 1. The smallest absolute Gasteiger partial charge is 0.197 e. The molecule has 0 radical (unpaired) electrons. The number of carbonyl (C=O) groups is 1. The van der Waals surface area contributed by atoms with Crippen LogP contribution >= 0.6 is 11.6 Å². The summed E-state index contributed by atoms with van der Waals surface area (Å²) >= 11 is 6.08. The second-order valence-corrected chi connectivity index (χ2v) is 7.47. The summed E-state index contributed by atoms with van der Waals surface area (Å²) in [5.74, 6) is 1.29. The largest absolute Gasteiger partial charge is 0.493 e. The Bertz CT molecular complexity index is 1020. The maximum Gasteiger partial charge on any atom is 0.197 e. The van der Waals surface area contributed by atoms with E-state index in [4.69, 9.17) is 25.9 Å². The van der Waals surface area contributed by atoms with Crippen LogP contribution in [0.15, 0.2) is 40.8 Å². The molecule has 0 saturated carbocycles. The van der Waals surface area contributed by atoms with Crippen molar-refractivity contribution in [2.24, 2.45) is 0 Å². The molecule has 1 N–H and O–H groups in total. The fourth-order valence-corrected chi connectivity index (χ4v) is 3.74. The third-order valence-electron chi connectivity index (χ3n) is 4.93. The molecule has 5 heteroatoms. The zero-order valence-electron chi connectivity index (χ0n) is 14.6. The SMILES string of the molecule is CC1(C)c2cc(OCCCO)ccc2C(=O)c2c1oc1cc(Cl)ccc21. The number of hydrogen-bond donors (Lipinski definition) is 1. The average molecular weight is 371 g/mol. The Kier molecular flexibility index (Phi) is 4.05. The predicted octanol–water partition coefficient (Wildman–Crippen LogP) is 4.72. The van der Waals surface area contributed by atoms with Gasteiger partial charge in [-0.05, 0) is 49.7 Å². The number of hydrogen-bond acceptors (Lipinski definition) is 4. The maximum atomic E-state index is 13.2. The minimum Gasteiger partial charge on any atom is -0.493 e. The van der Waals surface area contributed by atoms with Gasteiger partial charge in [-0.2, -0.15) is 0 Å². The monoisotopic (exact) mass is 370 g/mol. The highest BCUT2D eigenvalue weighted by atomic mass is 35.5. The van der Waals surface area contributed by atoms with Gasteiger partial charge in [0.2, 0.25) is 0 Å². The summed E-state index contributed by atoms with van der Waals surface area (Å²) in [6, 6.07) is 10.9. The van der Waals surface area contributed by atoms with Crippen LogP contribution in [-0.2, 0) is 5.41 Å². The third kappa shape index (κ3) is 2.52. The number of halogens is 1. The van der Waals surface area contributed by atoms with Gasteiger partial charge in [-0.25, -0.2) is 0 Å². The number of rotatable bonds is 4. The lowest BCUT2D eigenvalue weighted by atomic mass is 9.72. The molecular weight excluding hydrogens is 352 g/mol. The summed E-state index contributed by atoms with van der Waals surface area (Å²) in [7, 11) is 0. The van der Waals surface area contributed by atoms with E-state index >= 15 is 0 Å². The molecule has 0 saturated heterocycles. The molecule has 1 heterocycles. The maximum absolute atomic E-state index is 13.2. The summed E-state index contributed by atoms with van der Waals surface area (Å²) in [6.07, 6.45) is 0.563. The molecule has 1 aromatic heterocycles. The number of benzene rings is 2. The fourth-order valence-electron chi connectivity index (χ4n) is 3.58. The topological polar surface area (TPSA) is 59.7 Å². The van der Waals surface area contributed by atoms with Crippen molar-refractivity contribution in [1.29, 1.82) is 0 Å². The molecule has 0 spiro atoms. The highest BCUT2D eigenvalue weighted by Gasteiger charge is 2.41. The number of fused-ring (bicyclic) bond motifs is 4. The van der Waals surface area contributed by atoms with Crippen LogP contribution in [0.1, 0.15) is 47.5 Å². The van der Waals surface area contributed by atoms with Crippen LogP contribution in [0.2, 0.25) is 5.02 Å². The number of ketones is 1. The Morgan fingerprint density at radius 1 is 1.19 bits per heavy atom. The van der Waals surface area contributed by atoms with E-state index in [0.717, 1.165) is 10.9 Å². The minimum absolute atomic E-state index is 0.0442. The standard InChI is InChI=1S/C21H19ClO4/c1-21(2)16-11-13(25-9-3-8-23)5-7-14(16)19(24)18-15-6-4-12(22)10-17(15)26-20(18)21/h4-7,10-11,23H,3,8-9H2,1-2H3. The number of aliphatic hydroxyl groups is 1. The van der Waals surface area contributed by atoms with E-state index < -0.39 is 5.41 Å². The van der Waals surface area contributed by atoms with Gasteiger partial charge in [-0.15, -0.1) is 0 Å². The van der Waals surface area contributed by atoms with Crippen molar-refractivity contribution in [1.82, 2.24) is 0 Å². The highest BCUT2D eigenvalue weighted by molar-refractivity contribution is 6.31. The summed E-state index contributed by atoms with van der Waals surface area (Å²) < 4.78 is 11.8. The van der Waals surface area contributed by atoms with E-state index in [-0.39, 0.29) is 12.4 Å². The zero-order chi connectivity index (χ0) is 18.5. The molecule has 0 bridgehead atoms. The molecule has 4 rings (SSSR count). The third-order valence-corrected chi connectivity index (χ3v) is 5.16. The Morgan fingerprint density at radius 2 is 2.00 bits per heavy atom. The molecule has 0 aliphatic heterocycles. The van der Waals surface area contributed by atoms with Crippen molar-refractivity contribution >= 4 is 28.4 Å². The zero-order valence-corrected chi connectivity index (χ0v) is 15.4. The van der Waals surface area contributed by atoms with Crippen molar-refractivity contribution in [3.05, 3.63) is 63.9 Å². The van der Waals surface area contributed by atoms with Gasteiger partial charge < -0.3 is 14.3 Å². The first-order valence-corrected chi connectivity index (χ1v) is 8.96. The summed E-state index contributed by atoms with van der Waals surface area (Å²) in [5, 5.41) is 10.3. The van der Waals surface area contributed by atoms with Crippen LogP contribution < -0.4 is 4.74 Å². The summed E-state index contributed by atoms with van der Waals surface area (Å²) in [4.78, 5) is 13.2. The van der Waals surface area contributed by atoms with Crippen LogP contribution in [0, 0.1) is 0 Å².